The Morgan fingerprint density at radius 1 is 0.516 bits per heavy atom. The van der Waals surface area contributed by atoms with E-state index < -0.39 is 10.1 Å². The highest BCUT2D eigenvalue weighted by Crippen LogP contribution is 2.13. The average molecular weight is 465 g/mol. The normalized spacial score (nSPS) is 11.9. The number of rotatable bonds is 21. The van der Waals surface area contributed by atoms with Crippen LogP contribution >= 0.6 is 0 Å². The summed E-state index contributed by atoms with van der Waals surface area (Å²) in [5.74, 6) is -0.0866. The van der Waals surface area contributed by atoms with E-state index in [-0.39, 0.29) is 5.75 Å². The van der Waals surface area contributed by atoms with Gasteiger partial charge >= 0.3 is 0 Å². The largest absolute Gasteiger partial charge is 0.331 e. The maximum absolute atomic E-state index is 10.2. The molecule has 190 valence electrons. The van der Waals surface area contributed by atoms with E-state index in [9.17, 15) is 8.42 Å². The summed E-state index contributed by atoms with van der Waals surface area (Å²) in [5.41, 5.74) is 0. The Hall–Kier alpha value is -0.130. The van der Waals surface area contributed by atoms with Gasteiger partial charge in [-0.2, -0.15) is 8.42 Å². The Bertz CT molecular complexity index is 444. The molecule has 0 saturated carbocycles. The van der Waals surface area contributed by atoms with E-state index in [1.54, 1.807) is 0 Å². The predicted molar refractivity (Wildman–Crippen MR) is 138 cm³/mol. The van der Waals surface area contributed by atoms with Crippen LogP contribution in [0.2, 0.25) is 0 Å². The molecular formula is C26H58NO3S+. The van der Waals surface area contributed by atoms with Crippen molar-refractivity contribution in [2.45, 2.75) is 136 Å². The summed E-state index contributed by atoms with van der Waals surface area (Å²) in [6.07, 6.45) is 25.2. The van der Waals surface area contributed by atoms with E-state index in [4.69, 9.17) is 4.55 Å². The quantitative estimate of drug-likeness (QED) is 0.106. The van der Waals surface area contributed by atoms with Gasteiger partial charge in [0, 0.05) is 0 Å². The summed E-state index contributed by atoms with van der Waals surface area (Å²) in [6, 6.07) is 0. The molecule has 0 aliphatic rings. The fourth-order valence-electron chi connectivity index (χ4n) is 3.67. The van der Waals surface area contributed by atoms with Gasteiger partial charge in [-0.15, -0.1) is 0 Å². The van der Waals surface area contributed by atoms with Crippen LogP contribution in [0.15, 0.2) is 0 Å². The predicted octanol–water partition coefficient (Wildman–Crippen LogP) is 8.02. The van der Waals surface area contributed by atoms with Crippen molar-refractivity contribution in [3.05, 3.63) is 0 Å². The molecule has 0 aliphatic carbocycles. The van der Waals surface area contributed by atoms with Crippen LogP contribution in [-0.2, 0) is 10.1 Å². The lowest BCUT2D eigenvalue weighted by Crippen LogP contribution is -2.35. The van der Waals surface area contributed by atoms with Gasteiger partial charge in [0.25, 0.3) is 10.1 Å². The van der Waals surface area contributed by atoms with Gasteiger partial charge in [-0.25, -0.2) is 0 Å². The molecule has 0 fully saturated rings. The number of hydrogen-bond donors (Lipinski definition) is 1. The van der Waals surface area contributed by atoms with Gasteiger partial charge in [0.15, 0.2) is 0 Å². The fraction of sp³-hybridized carbons (Fsp3) is 1.00. The van der Waals surface area contributed by atoms with Crippen LogP contribution in [0.4, 0.5) is 0 Å². The van der Waals surface area contributed by atoms with Crippen molar-refractivity contribution in [1.82, 2.24) is 0 Å². The standard InChI is InChI=1S/C19H42N.C7H16O3S/c1-5-6-7-8-9-10-11-12-13-14-15-16-17-18-19-20(2,3)4;1-2-3-4-5-6-7-11(8,9)10/h5-19H2,1-4H3;2-7H2,1H3,(H,8,9,10)/q+1;. The van der Waals surface area contributed by atoms with Gasteiger partial charge in [0.1, 0.15) is 0 Å². The minimum absolute atomic E-state index is 0.0866. The van der Waals surface area contributed by atoms with Gasteiger partial charge in [-0.1, -0.05) is 117 Å². The molecule has 0 heterocycles. The van der Waals surface area contributed by atoms with Crippen LogP contribution in [0, 0.1) is 0 Å². The Kier molecular flexibility index (Phi) is 24.6. The minimum Gasteiger partial charge on any atom is -0.331 e. The first-order valence-electron chi connectivity index (χ1n) is 13.4. The molecule has 0 unspecified atom stereocenters. The SMILES string of the molecule is CCCCCCCCCCCCCCCC[N+](C)(C)C.CCCCCCCS(=O)(=O)O. The molecule has 0 saturated heterocycles. The molecule has 0 bridgehead atoms. The molecule has 0 aromatic rings. The molecule has 0 aromatic heterocycles. The van der Waals surface area contributed by atoms with Crippen LogP contribution in [0.5, 0.6) is 0 Å². The first-order chi connectivity index (χ1) is 14.6. The number of unbranched alkanes of at least 4 members (excludes halogenated alkanes) is 17. The zero-order chi connectivity index (χ0) is 23.8. The highest BCUT2D eigenvalue weighted by molar-refractivity contribution is 7.85. The molecule has 0 spiro atoms. The van der Waals surface area contributed by atoms with E-state index in [1.807, 2.05) is 0 Å². The Labute approximate surface area is 196 Å². The third-order valence-electron chi connectivity index (χ3n) is 5.69. The van der Waals surface area contributed by atoms with Crippen molar-refractivity contribution in [3.8, 4) is 0 Å². The van der Waals surface area contributed by atoms with Crippen LogP contribution in [0.25, 0.3) is 0 Å². The molecule has 0 amide bonds. The Balaban J connectivity index is 0. The molecule has 31 heavy (non-hydrogen) atoms. The third-order valence-corrected chi connectivity index (χ3v) is 6.49. The topological polar surface area (TPSA) is 54.4 Å². The Morgan fingerprint density at radius 2 is 0.806 bits per heavy atom. The van der Waals surface area contributed by atoms with Crippen molar-refractivity contribution in [2.75, 3.05) is 33.4 Å². The lowest BCUT2D eigenvalue weighted by atomic mass is 10.0. The monoisotopic (exact) mass is 464 g/mol. The summed E-state index contributed by atoms with van der Waals surface area (Å²) in [5, 5.41) is 0. The van der Waals surface area contributed by atoms with E-state index >= 15 is 0 Å². The number of hydrogen-bond acceptors (Lipinski definition) is 2. The summed E-state index contributed by atoms with van der Waals surface area (Å²) in [7, 11) is 3.17. The van der Waals surface area contributed by atoms with Crippen LogP contribution in [0.1, 0.15) is 136 Å². The Morgan fingerprint density at radius 3 is 1.10 bits per heavy atom. The average Bonchev–Trinajstić information content (AvgIpc) is 2.67. The summed E-state index contributed by atoms with van der Waals surface area (Å²) >= 11 is 0. The zero-order valence-electron chi connectivity index (χ0n) is 22.0. The van der Waals surface area contributed by atoms with Crippen LogP contribution in [-0.4, -0.2) is 50.9 Å². The lowest BCUT2D eigenvalue weighted by molar-refractivity contribution is -0.870. The van der Waals surface area contributed by atoms with Crippen LogP contribution < -0.4 is 0 Å². The van der Waals surface area contributed by atoms with E-state index in [0.29, 0.717) is 6.42 Å². The molecular weight excluding hydrogens is 406 g/mol. The molecule has 1 N–H and O–H groups in total. The summed E-state index contributed by atoms with van der Waals surface area (Å²) < 4.78 is 29.9. The molecule has 0 aromatic carbocycles. The fourth-order valence-corrected chi connectivity index (χ4v) is 4.24. The lowest BCUT2D eigenvalue weighted by Gasteiger charge is -2.23. The van der Waals surface area contributed by atoms with Crippen molar-refractivity contribution in [1.29, 1.82) is 0 Å². The molecule has 5 heteroatoms. The van der Waals surface area contributed by atoms with Crippen molar-refractivity contribution < 1.29 is 17.5 Å². The minimum atomic E-state index is -3.71. The van der Waals surface area contributed by atoms with E-state index in [0.717, 1.165) is 30.2 Å². The zero-order valence-corrected chi connectivity index (χ0v) is 22.8. The van der Waals surface area contributed by atoms with Gasteiger partial charge in [-0.05, 0) is 19.3 Å². The molecule has 0 atom stereocenters. The van der Waals surface area contributed by atoms with Gasteiger partial charge in [-0.3, -0.25) is 4.55 Å². The van der Waals surface area contributed by atoms with Crippen molar-refractivity contribution >= 4 is 10.1 Å². The molecule has 0 radical (unpaired) electrons. The smallest absolute Gasteiger partial charge is 0.264 e. The second-order valence-corrected chi connectivity index (χ2v) is 11.9. The second kappa shape index (κ2) is 23.0. The maximum Gasteiger partial charge on any atom is 0.264 e. The maximum atomic E-state index is 10.2. The van der Waals surface area contributed by atoms with Crippen molar-refractivity contribution in [3.63, 3.8) is 0 Å². The van der Waals surface area contributed by atoms with Crippen LogP contribution in [0.3, 0.4) is 0 Å². The number of nitrogens with zero attached hydrogens (tertiary/aromatic N) is 1. The van der Waals surface area contributed by atoms with E-state index in [1.165, 1.54) is 96.4 Å². The van der Waals surface area contributed by atoms with Gasteiger partial charge in [0.2, 0.25) is 0 Å². The summed E-state index contributed by atoms with van der Waals surface area (Å²) in [4.78, 5) is 0. The highest BCUT2D eigenvalue weighted by atomic mass is 32.2. The summed E-state index contributed by atoms with van der Waals surface area (Å²) in [6.45, 7) is 5.73. The van der Waals surface area contributed by atoms with E-state index in [2.05, 4.69) is 35.0 Å². The highest BCUT2D eigenvalue weighted by Gasteiger charge is 2.05. The number of quaternary nitrogens is 1. The first kappa shape index (κ1) is 33.0. The third kappa shape index (κ3) is 37.5. The first-order valence-corrected chi connectivity index (χ1v) is 15.0. The molecule has 0 aliphatic heterocycles. The van der Waals surface area contributed by atoms with Crippen molar-refractivity contribution in [2.24, 2.45) is 0 Å². The second-order valence-electron chi connectivity index (χ2n) is 10.3. The molecule has 0 rings (SSSR count). The van der Waals surface area contributed by atoms with Gasteiger partial charge < -0.3 is 4.48 Å². The van der Waals surface area contributed by atoms with Gasteiger partial charge in [0.05, 0.1) is 33.4 Å². The molecule has 4 nitrogen and oxygen atoms in total.